The fourth-order valence-corrected chi connectivity index (χ4v) is 3.46. The molecule has 4 aromatic rings. The first-order valence-electron chi connectivity index (χ1n) is 6.86. The molecule has 1 N–H and O–H groups in total. The van der Waals surface area contributed by atoms with Crippen molar-refractivity contribution >= 4 is 55.8 Å². The number of hydrogen-bond acceptors (Lipinski definition) is 5. The molecule has 4 rings (SSSR count). The molecule has 0 saturated carbocycles. The van der Waals surface area contributed by atoms with Crippen molar-refractivity contribution in [2.24, 2.45) is 0 Å². The number of thiazole rings is 1. The minimum absolute atomic E-state index is 0.163. The van der Waals surface area contributed by atoms with E-state index < -0.39 is 0 Å². The standard InChI is InChI=1S/C15H10Cl2N4OS/c16-9-1-2-11-10(5-9)8(6-18-11)3-4-22-13-12-14(23-7-19-12)21-15(17)20-13/h1-2,5-7,18H,3-4H2. The Labute approximate surface area is 145 Å². The minimum Gasteiger partial charge on any atom is -0.476 e. The Balaban J connectivity index is 1.54. The van der Waals surface area contributed by atoms with Gasteiger partial charge in [-0.05, 0) is 35.4 Å². The van der Waals surface area contributed by atoms with Gasteiger partial charge >= 0.3 is 0 Å². The maximum absolute atomic E-state index is 6.06. The first kappa shape index (κ1) is 14.7. The highest BCUT2D eigenvalue weighted by molar-refractivity contribution is 7.16. The largest absolute Gasteiger partial charge is 0.476 e. The van der Waals surface area contributed by atoms with Crippen LogP contribution in [0.4, 0.5) is 0 Å². The number of H-pyrrole nitrogens is 1. The Bertz CT molecular complexity index is 998. The van der Waals surface area contributed by atoms with E-state index in [9.17, 15) is 0 Å². The molecule has 0 unspecified atom stereocenters. The number of fused-ring (bicyclic) bond motifs is 2. The van der Waals surface area contributed by atoms with Crippen molar-refractivity contribution in [1.29, 1.82) is 0 Å². The summed E-state index contributed by atoms with van der Waals surface area (Å²) in [6.07, 6.45) is 2.68. The van der Waals surface area contributed by atoms with E-state index >= 15 is 0 Å². The van der Waals surface area contributed by atoms with Gasteiger partial charge in [-0.2, -0.15) is 4.98 Å². The van der Waals surface area contributed by atoms with Crippen LogP contribution < -0.4 is 4.74 Å². The number of halogens is 2. The lowest BCUT2D eigenvalue weighted by Gasteiger charge is -2.05. The normalized spacial score (nSPS) is 11.4. The molecule has 0 aliphatic rings. The second-order valence-corrected chi connectivity index (χ2v) is 6.51. The lowest BCUT2D eigenvalue weighted by atomic mass is 10.1. The van der Waals surface area contributed by atoms with Crippen molar-refractivity contribution in [2.75, 3.05) is 6.61 Å². The van der Waals surface area contributed by atoms with Crippen LogP contribution in [-0.2, 0) is 6.42 Å². The van der Waals surface area contributed by atoms with E-state index in [0.717, 1.165) is 21.3 Å². The lowest BCUT2D eigenvalue weighted by molar-refractivity contribution is 0.313. The molecule has 0 fully saturated rings. The summed E-state index contributed by atoms with van der Waals surface area (Å²) in [6, 6.07) is 5.77. The van der Waals surface area contributed by atoms with Gasteiger partial charge in [-0.25, -0.2) is 9.97 Å². The monoisotopic (exact) mass is 364 g/mol. The average molecular weight is 365 g/mol. The van der Waals surface area contributed by atoms with Crippen molar-refractivity contribution in [3.63, 3.8) is 0 Å². The van der Waals surface area contributed by atoms with Crippen LogP contribution in [-0.4, -0.2) is 26.5 Å². The van der Waals surface area contributed by atoms with E-state index in [2.05, 4.69) is 19.9 Å². The maximum atomic E-state index is 6.06. The number of hydrogen-bond donors (Lipinski definition) is 1. The maximum Gasteiger partial charge on any atom is 0.245 e. The zero-order valence-electron chi connectivity index (χ0n) is 11.7. The van der Waals surface area contributed by atoms with Crippen LogP contribution in [0.25, 0.3) is 21.3 Å². The van der Waals surface area contributed by atoms with Gasteiger partial charge in [0.05, 0.1) is 12.1 Å². The van der Waals surface area contributed by atoms with Crippen molar-refractivity contribution in [3.8, 4) is 5.88 Å². The van der Waals surface area contributed by atoms with Gasteiger partial charge in [0.1, 0.15) is 0 Å². The molecule has 0 bridgehead atoms. The molecule has 8 heteroatoms. The molecule has 3 aromatic heterocycles. The minimum atomic E-state index is 0.163. The van der Waals surface area contributed by atoms with Crippen LogP contribution >= 0.6 is 34.5 Å². The van der Waals surface area contributed by atoms with Crippen molar-refractivity contribution in [1.82, 2.24) is 19.9 Å². The van der Waals surface area contributed by atoms with Gasteiger partial charge in [-0.3, -0.25) is 0 Å². The van der Waals surface area contributed by atoms with E-state index in [1.165, 1.54) is 11.3 Å². The third kappa shape index (κ3) is 2.85. The zero-order valence-corrected chi connectivity index (χ0v) is 14.0. The van der Waals surface area contributed by atoms with E-state index in [0.29, 0.717) is 29.4 Å². The van der Waals surface area contributed by atoms with E-state index in [-0.39, 0.29) is 5.28 Å². The number of aromatic amines is 1. The molecule has 0 saturated heterocycles. The fraction of sp³-hybridized carbons (Fsp3) is 0.133. The van der Waals surface area contributed by atoms with E-state index in [4.69, 9.17) is 27.9 Å². The smallest absolute Gasteiger partial charge is 0.245 e. The SMILES string of the molecule is Clc1ccc2[nH]cc(CCOc3nc(Cl)nc4scnc34)c2c1. The van der Waals surface area contributed by atoms with Gasteiger partial charge in [-0.15, -0.1) is 11.3 Å². The predicted molar refractivity (Wildman–Crippen MR) is 92.7 cm³/mol. The number of nitrogens with zero attached hydrogens (tertiary/aromatic N) is 3. The molecular formula is C15H10Cl2N4OS. The lowest BCUT2D eigenvalue weighted by Crippen LogP contribution is -2.03. The number of nitrogens with one attached hydrogen (secondary N) is 1. The highest BCUT2D eigenvalue weighted by atomic mass is 35.5. The number of benzene rings is 1. The summed E-state index contributed by atoms with van der Waals surface area (Å²) in [4.78, 5) is 16.4. The summed E-state index contributed by atoms with van der Waals surface area (Å²) >= 11 is 13.4. The summed E-state index contributed by atoms with van der Waals surface area (Å²) < 4.78 is 5.77. The second kappa shape index (κ2) is 5.96. The molecule has 0 aliphatic heterocycles. The highest BCUT2D eigenvalue weighted by Crippen LogP contribution is 2.26. The molecule has 0 spiro atoms. The summed E-state index contributed by atoms with van der Waals surface area (Å²) in [7, 11) is 0. The Morgan fingerprint density at radius 2 is 2.13 bits per heavy atom. The number of aromatic nitrogens is 4. The molecule has 1 aromatic carbocycles. The quantitative estimate of drug-likeness (QED) is 0.541. The molecule has 0 aliphatic carbocycles. The van der Waals surface area contributed by atoms with Crippen LogP contribution in [0.5, 0.6) is 5.88 Å². The van der Waals surface area contributed by atoms with Crippen LogP contribution in [0, 0.1) is 0 Å². The van der Waals surface area contributed by atoms with Gasteiger partial charge in [0.25, 0.3) is 0 Å². The molecule has 23 heavy (non-hydrogen) atoms. The van der Waals surface area contributed by atoms with E-state index in [1.807, 2.05) is 24.4 Å². The van der Waals surface area contributed by atoms with Gasteiger partial charge in [-0.1, -0.05) is 11.6 Å². The number of rotatable bonds is 4. The molecule has 0 atom stereocenters. The van der Waals surface area contributed by atoms with Crippen LogP contribution in [0.1, 0.15) is 5.56 Å². The average Bonchev–Trinajstić information content (AvgIpc) is 3.14. The second-order valence-electron chi connectivity index (χ2n) is 4.91. The Morgan fingerprint density at radius 3 is 3.04 bits per heavy atom. The third-order valence-corrected chi connectivity index (χ3v) is 4.60. The summed E-state index contributed by atoms with van der Waals surface area (Å²) in [5.74, 6) is 0.416. The molecular weight excluding hydrogens is 355 g/mol. The molecule has 0 radical (unpaired) electrons. The van der Waals surface area contributed by atoms with Crippen LogP contribution in [0.15, 0.2) is 29.9 Å². The van der Waals surface area contributed by atoms with Crippen LogP contribution in [0.3, 0.4) is 0 Å². The summed E-state index contributed by atoms with van der Waals surface area (Å²) in [5, 5.41) is 1.97. The predicted octanol–water partition coefficient (Wildman–Crippen LogP) is 4.50. The molecule has 0 amide bonds. The topological polar surface area (TPSA) is 63.7 Å². The number of ether oxygens (including phenoxy) is 1. The van der Waals surface area contributed by atoms with Crippen molar-refractivity contribution in [3.05, 3.63) is 45.8 Å². The Morgan fingerprint density at radius 1 is 1.22 bits per heavy atom. The fourth-order valence-electron chi connectivity index (χ4n) is 2.43. The Kier molecular flexibility index (Phi) is 3.80. The van der Waals surface area contributed by atoms with Crippen LogP contribution in [0.2, 0.25) is 10.3 Å². The van der Waals surface area contributed by atoms with Gasteiger partial charge in [0, 0.05) is 28.5 Å². The summed E-state index contributed by atoms with van der Waals surface area (Å²) in [6.45, 7) is 0.458. The first-order chi connectivity index (χ1) is 11.2. The Hall–Kier alpha value is -1.89. The molecule has 116 valence electrons. The van der Waals surface area contributed by atoms with Crippen molar-refractivity contribution < 1.29 is 4.74 Å². The molecule has 5 nitrogen and oxygen atoms in total. The first-order valence-corrected chi connectivity index (χ1v) is 8.49. The third-order valence-electron chi connectivity index (χ3n) is 3.48. The van der Waals surface area contributed by atoms with Gasteiger partial charge in [0.15, 0.2) is 10.3 Å². The molecule has 3 heterocycles. The highest BCUT2D eigenvalue weighted by Gasteiger charge is 2.11. The van der Waals surface area contributed by atoms with Gasteiger partial charge < -0.3 is 9.72 Å². The summed E-state index contributed by atoms with van der Waals surface area (Å²) in [5.41, 5.74) is 4.53. The van der Waals surface area contributed by atoms with Crippen molar-refractivity contribution in [2.45, 2.75) is 6.42 Å². The van der Waals surface area contributed by atoms with Gasteiger partial charge in [0.2, 0.25) is 11.2 Å². The zero-order chi connectivity index (χ0) is 15.8. The van der Waals surface area contributed by atoms with E-state index in [1.54, 1.807) is 5.51 Å².